The number of aromatic nitrogens is 2. The van der Waals surface area contributed by atoms with Crippen LogP contribution in [0.5, 0.6) is 0 Å². The molecule has 1 aliphatic heterocycles. The summed E-state index contributed by atoms with van der Waals surface area (Å²) >= 11 is 0. The molecule has 20 heavy (non-hydrogen) atoms. The van der Waals surface area contributed by atoms with Gasteiger partial charge in [-0.1, -0.05) is 12.1 Å². The highest BCUT2D eigenvalue weighted by Gasteiger charge is 2.12. The topological polar surface area (TPSA) is 67.7 Å². The number of imidazole rings is 1. The fraction of sp³-hybridized carbons (Fsp3) is 0.333. The van der Waals surface area contributed by atoms with Gasteiger partial charge in [0.1, 0.15) is 5.82 Å². The van der Waals surface area contributed by atoms with E-state index in [-0.39, 0.29) is 0 Å². The highest BCUT2D eigenvalue weighted by Crippen LogP contribution is 2.18. The van der Waals surface area contributed by atoms with E-state index in [1.54, 1.807) is 0 Å². The van der Waals surface area contributed by atoms with Crippen molar-refractivity contribution in [2.45, 2.75) is 6.54 Å². The molecule has 2 N–H and O–H groups in total. The first kappa shape index (κ1) is 12.9. The largest absolute Gasteiger partial charge is 0.341 e. The number of nitriles is 1. The molecule has 1 aromatic carbocycles. The quantitative estimate of drug-likeness (QED) is 0.881. The van der Waals surface area contributed by atoms with E-state index in [9.17, 15) is 0 Å². The summed E-state index contributed by atoms with van der Waals surface area (Å²) in [6.07, 6.45) is 1.86. The van der Waals surface area contributed by atoms with Crippen molar-refractivity contribution in [1.29, 1.82) is 5.26 Å². The minimum absolute atomic E-state index is 0.675. The summed E-state index contributed by atoms with van der Waals surface area (Å²) < 4.78 is 0. The Kier molecular flexibility index (Phi) is 3.77. The third-order valence-electron chi connectivity index (χ3n) is 3.54. The number of hydrogen-bond acceptors (Lipinski definition) is 4. The maximum absolute atomic E-state index is 8.80. The molecule has 0 radical (unpaired) electrons. The SMILES string of the molecule is N#Cc1ccc(-c2cnc(CN3CCNCC3)[nH]2)cc1. The highest BCUT2D eigenvalue weighted by molar-refractivity contribution is 5.59. The minimum atomic E-state index is 0.675. The number of benzene rings is 1. The Hall–Kier alpha value is -2.16. The smallest absolute Gasteiger partial charge is 0.120 e. The minimum Gasteiger partial charge on any atom is -0.341 e. The first-order valence-corrected chi connectivity index (χ1v) is 6.82. The normalized spacial score (nSPS) is 15.9. The Balaban J connectivity index is 1.70. The fourth-order valence-corrected chi connectivity index (χ4v) is 2.39. The lowest BCUT2D eigenvalue weighted by Gasteiger charge is -2.26. The van der Waals surface area contributed by atoms with Crippen molar-refractivity contribution in [3.05, 3.63) is 41.9 Å². The molecule has 0 amide bonds. The van der Waals surface area contributed by atoms with Gasteiger partial charge in [-0.3, -0.25) is 4.90 Å². The van der Waals surface area contributed by atoms with Gasteiger partial charge >= 0.3 is 0 Å². The van der Waals surface area contributed by atoms with Crippen molar-refractivity contribution in [1.82, 2.24) is 20.2 Å². The van der Waals surface area contributed by atoms with Crippen LogP contribution >= 0.6 is 0 Å². The van der Waals surface area contributed by atoms with Crippen LogP contribution < -0.4 is 5.32 Å². The van der Waals surface area contributed by atoms with Crippen LogP contribution in [0, 0.1) is 11.3 Å². The van der Waals surface area contributed by atoms with Crippen LogP contribution in [0.4, 0.5) is 0 Å². The summed E-state index contributed by atoms with van der Waals surface area (Å²) in [6, 6.07) is 9.67. The Bertz CT molecular complexity index is 602. The van der Waals surface area contributed by atoms with E-state index in [1.165, 1.54) is 0 Å². The summed E-state index contributed by atoms with van der Waals surface area (Å²) in [5, 5.41) is 12.1. The molecule has 1 aromatic heterocycles. The Morgan fingerprint density at radius 1 is 1.20 bits per heavy atom. The van der Waals surface area contributed by atoms with Crippen LogP contribution in [-0.2, 0) is 6.54 Å². The summed E-state index contributed by atoms with van der Waals surface area (Å²) in [6.45, 7) is 5.07. The van der Waals surface area contributed by atoms with E-state index in [2.05, 4.69) is 26.3 Å². The van der Waals surface area contributed by atoms with Crippen LogP contribution in [0.3, 0.4) is 0 Å². The second kappa shape index (κ2) is 5.87. The summed E-state index contributed by atoms with van der Waals surface area (Å²) in [5.74, 6) is 0.992. The molecule has 0 aliphatic carbocycles. The van der Waals surface area contributed by atoms with Gasteiger partial charge in [-0.25, -0.2) is 4.98 Å². The van der Waals surface area contributed by atoms with Crippen LogP contribution in [0.15, 0.2) is 30.5 Å². The predicted molar refractivity (Wildman–Crippen MR) is 76.9 cm³/mol. The third kappa shape index (κ3) is 2.87. The van der Waals surface area contributed by atoms with Gasteiger partial charge in [-0.05, 0) is 17.7 Å². The lowest BCUT2D eigenvalue weighted by atomic mass is 10.1. The van der Waals surface area contributed by atoms with Crippen LogP contribution in [-0.4, -0.2) is 41.0 Å². The molecule has 0 spiro atoms. The number of hydrogen-bond donors (Lipinski definition) is 2. The molecular formula is C15H17N5. The molecule has 5 heteroatoms. The van der Waals surface area contributed by atoms with E-state index in [4.69, 9.17) is 5.26 Å². The standard InChI is InChI=1S/C15H17N5/c16-9-12-1-3-13(4-2-12)14-10-18-15(19-14)11-20-7-5-17-6-8-20/h1-4,10,17H,5-8,11H2,(H,18,19). The van der Waals surface area contributed by atoms with Gasteiger partial charge in [0.25, 0.3) is 0 Å². The monoisotopic (exact) mass is 267 g/mol. The van der Waals surface area contributed by atoms with Crippen molar-refractivity contribution in [2.24, 2.45) is 0 Å². The van der Waals surface area contributed by atoms with Gasteiger partial charge in [-0.15, -0.1) is 0 Å². The molecular weight excluding hydrogens is 250 g/mol. The van der Waals surface area contributed by atoms with Crippen molar-refractivity contribution in [2.75, 3.05) is 26.2 Å². The molecule has 1 fully saturated rings. The van der Waals surface area contributed by atoms with Crippen LogP contribution in [0.1, 0.15) is 11.4 Å². The van der Waals surface area contributed by atoms with Crippen molar-refractivity contribution < 1.29 is 0 Å². The Morgan fingerprint density at radius 3 is 2.65 bits per heavy atom. The lowest BCUT2D eigenvalue weighted by molar-refractivity contribution is 0.228. The first-order valence-electron chi connectivity index (χ1n) is 6.82. The maximum Gasteiger partial charge on any atom is 0.120 e. The maximum atomic E-state index is 8.80. The molecule has 1 aliphatic rings. The molecule has 5 nitrogen and oxygen atoms in total. The number of piperazine rings is 1. The van der Waals surface area contributed by atoms with Crippen molar-refractivity contribution in [3.63, 3.8) is 0 Å². The molecule has 0 saturated carbocycles. The Morgan fingerprint density at radius 2 is 1.95 bits per heavy atom. The summed E-state index contributed by atoms with van der Waals surface area (Å²) in [7, 11) is 0. The lowest BCUT2D eigenvalue weighted by Crippen LogP contribution is -2.43. The highest BCUT2D eigenvalue weighted by atomic mass is 15.2. The van der Waals surface area contributed by atoms with E-state index < -0.39 is 0 Å². The number of aromatic amines is 1. The number of nitrogens with one attached hydrogen (secondary N) is 2. The molecule has 1 saturated heterocycles. The zero-order valence-electron chi connectivity index (χ0n) is 11.3. The molecule has 2 heterocycles. The van der Waals surface area contributed by atoms with Gasteiger partial charge in [0.2, 0.25) is 0 Å². The number of nitrogens with zero attached hydrogens (tertiary/aromatic N) is 3. The van der Waals surface area contributed by atoms with E-state index in [0.29, 0.717) is 5.56 Å². The second-order valence-electron chi connectivity index (χ2n) is 4.96. The van der Waals surface area contributed by atoms with Crippen molar-refractivity contribution >= 4 is 0 Å². The van der Waals surface area contributed by atoms with Gasteiger partial charge in [0.15, 0.2) is 0 Å². The summed E-state index contributed by atoms with van der Waals surface area (Å²) in [4.78, 5) is 10.2. The van der Waals surface area contributed by atoms with Gasteiger partial charge in [-0.2, -0.15) is 5.26 Å². The zero-order valence-corrected chi connectivity index (χ0v) is 11.3. The Labute approximate surface area is 118 Å². The average Bonchev–Trinajstić information content (AvgIpc) is 2.97. The molecule has 0 bridgehead atoms. The number of H-pyrrole nitrogens is 1. The molecule has 2 aromatic rings. The molecule has 3 rings (SSSR count). The summed E-state index contributed by atoms with van der Waals surface area (Å²) in [5.41, 5.74) is 2.73. The first-order chi connectivity index (χ1) is 9.85. The molecule has 0 atom stereocenters. The third-order valence-corrected chi connectivity index (χ3v) is 3.54. The van der Waals surface area contributed by atoms with E-state index in [1.807, 2.05) is 30.5 Å². The molecule has 102 valence electrons. The van der Waals surface area contributed by atoms with E-state index in [0.717, 1.165) is 49.8 Å². The number of rotatable bonds is 3. The fourth-order valence-electron chi connectivity index (χ4n) is 2.39. The predicted octanol–water partition coefficient (Wildman–Crippen LogP) is 1.35. The second-order valence-corrected chi connectivity index (χ2v) is 4.96. The van der Waals surface area contributed by atoms with E-state index >= 15 is 0 Å². The van der Waals surface area contributed by atoms with Gasteiger partial charge in [0, 0.05) is 26.2 Å². The molecule has 0 unspecified atom stereocenters. The van der Waals surface area contributed by atoms with Gasteiger partial charge < -0.3 is 10.3 Å². The zero-order chi connectivity index (χ0) is 13.8. The van der Waals surface area contributed by atoms with Crippen LogP contribution in [0.25, 0.3) is 11.3 Å². The van der Waals surface area contributed by atoms with Gasteiger partial charge in [0.05, 0.1) is 30.1 Å². The average molecular weight is 267 g/mol. The van der Waals surface area contributed by atoms with Crippen molar-refractivity contribution in [3.8, 4) is 17.3 Å². The van der Waals surface area contributed by atoms with Crippen LogP contribution in [0.2, 0.25) is 0 Å².